The molecule has 0 fully saturated rings. The molecule has 0 heterocycles. The van der Waals surface area contributed by atoms with Crippen LogP contribution in [0.5, 0.6) is 0 Å². The Hall–Kier alpha value is -1.35. The van der Waals surface area contributed by atoms with Crippen LogP contribution in [0.2, 0.25) is 0 Å². The summed E-state index contributed by atoms with van der Waals surface area (Å²) in [5.74, 6) is -0.204. The molecule has 0 aliphatic rings. The second kappa shape index (κ2) is 7.17. The van der Waals surface area contributed by atoms with E-state index in [4.69, 9.17) is 5.11 Å². The highest BCUT2D eigenvalue weighted by atomic mass is 16.4. The lowest BCUT2D eigenvalue weighted by atomic mass is 9.96. The van der Waals surface area contributed by atoms with Crippen LogP contribution >= 0.6 is 0 Å². The Kier molecular flexibility index (Phi) is 5.86. The van der Waals surface area contributed by atoms with Gasteiger partial charge in [0.15, 0.2) is 0 Å². The van der Waals surface area contributed by atoms with Gasteiger partial charge in [-0.3, -0.25) is 4.79 Å². The number of carbonyl (C=O) groups is 1. The Morgan fingerprint density at radius 3 is 2.67 bits per heavy atom. The quantitative estimate of drug-likeness (QED) is 0.730. The summed E-state index contributed by atoms with van der Waals surface area (Å²) >= 11 is 0. The molecule has 0 atom stereocenters. The van der Waals surface area contributed by atoms with E-state index < -0.39 is 5.97 Å². The first kappa shape index (κ1) is 14.7. The van der Waals surface area contributed by atoms with Gasteiger partial charge in [0.2, 0.25) is 0 Å². The Morgan fingerprint density at radius 1 is 1.33 bits per heavy atom. The van der Waals surface area contributed by atoms with Crippen LogP contribution in [0.15, 0.2) is 18.2 Å². The third-order valence-electron chi connectivity index (χ3n) is 3.13. The van der Waals surface area contributed by atoms with Crippen molar-refractivity contribution in [3.05, 3.63) is 34.9 Å². The Morgan fingerprint density at radius 2 is 2.06 bits per heavy atom. The second-order valence-corrected chi connectivity index (χ2v) is 4.98. The van der Waals surface area contributed by atoms with E-state index in [0.717, 1.165) is 13.0 Å². The first-order chi connectivity index (χ1) is 8.50. The molecular formula is C15H23NO2. The average Bonchev–Trinajstić information content (AvgIpc) is 2.30. The third kappa shape index (κ3) is 4.88. The highest BCUT2D eigenvalue weighted by Crippen LogP contribution is 2.18. The summed E-state index contributed by atoms with van der Waals surface area (Å²) in [6.45, 7) is 7.88. The molecule has 2 N–H and O–H groups in total. The van der Waals surface area contributed by atoms with Gasteiger partial charge in [-0.25, -0.2) is 0 Å². The average molecular weight is 249 g/mol. The molecule has 0 saturated carbocycles. The molecule has 0 radical (unpaired) electrons. The molecule has 1 aromatic rings. The number of benzene rings is 1. The second-order valence-electron chi connectivity index (χ2n) is 4.98. The Bertz CT molecular complexity index is 399. The molecule has 18 heavy (non-hydrogen) atoms. The fourth-order valence-electron chi connectivity index (χ4n) is 1.86. The zero-order valence-electron chi connectivity index (χ0n) is 11.5. The number of carboxylic acid groups (broad SMARTS) is 1. The van der Waals surface area contributed by atoms with Gasteiger partial charge in [-0.1, -0.05) is 32.0 Å². The number of rotatable bonds is 7. The maximum atomic E-state index is 10.4. The molecule has 3 heteroatoms. The number of aliphatic carboxylic acids is 1. The van der Waals surface area contributed by atoms with Gasteiger partial charge < -0.3 is 10.4 Å². The molecule has 0 aliphatic heterocycles. The lowest BCUT2D eigenvalue weighted by Crippen LogP contribution is -2.21. The zero-order valence-corrected chi connectivity index (χ0v) is 11.5. The summed E-state index contributed by atoms with van der Waals surface area (Å²) < 4.78 is 0. The van der Waals surface area contributed by atoms with Crippen LogP contribution in [-0.4, -0.2) is 24.2 Å². The molecule has 0 aliphatic carbocycles. The number of carboxylic acids is 1. The number of hydrogen-bond acceptors (Lipinski definition) is 2. The molecule has 0 bridgehead atoms. The minimum Gasteiger partial charge on any atom is -0.481 e. The fourth-order valence-corrected chi connectivity index (χ4v) is 1.86. The number of aryl methyl sites for hydroxylation is 1. The molecule has 0 spiro atoms. The summed E-state index contributed by atoms with van der Waals surface area (Å²) in [5.41, 5.74) is 4.02. The number of hydrogen-bond donors (Lipinski definition) is 2. The summed E-state index contributed by atoms with van der Waals surface area (Å²) in [4.78, 5) is 10.4. The van der Waals surface area contributed by atoms with E-state index in [-0.39, 0.29) is 6.42 Å². The van der Waals surface area contributed by atoms with Crippen molar-refractivity contribution < 1.29 is 9.90 Å². The SMILES string of the molecule is Cc1ccc(C(C)C)cc1CCNCCC(=O)O. The van der Waals surface area contributed by atoms with Gasteiger partial charge in [0, 0.05) is 6.54 Å². The van der Waals surface area contributed by atoms with Gasteiger partial charge in [-0.05, 0) is 42.5 Å². The van der Waals surface area contributed by atoms with Crippen LogP contribution in [0.3, 0.4) is 0 Å². The molecule has 0 saturated heterocycles. The minimum atomic E-state index is -0.750. The van der Waals surface area contributed by atoms with E-state index in [9.17, 15) is 4.79 Å². The maximum Gasteiger partial charge on any atom is 0.304 e. The zero-order chi connectivity index (χ0) is 13.5. The molecule has 3 nitrogen and oxygen atoms in total. The van der Waals surface area contributed by atoms with Crippen molar-refractivity contribution in [2.45, 2.75) is 39.5 Å². The lowest BCUT2D eigenvalue weighted by molar-refractivity contribution is -0.136. The van der Waals surface area contributed by atoms with Crippen molar-refractivity contribution in [2.24, 2.45) is 0 Å². The van der Waals surface area contributed by atoms with E-state index >= 15 is 0 Å². The van der Waals surface area contributed by atoms with Gasteiger partial charge in [0.1, 0.15) is 0 Å². The van der Waals surface area contributed by atoms with Crippen LogP contribution in [0.1, 0.15) is 42.9 Å². The van der Waals surface area contributed by atoms with Crippen molar-refractivity contribution in [3.63, 3.8) is 0 Å². The maximum absolute atomic E-state index is 10.4. The predicted molar refractivity (Wildman–Crippen MR) is 74.1 cm³/mol. The van der Waals surface area contributed by atoms with Gasteiger partial charge >= 0.3 is 5.97 Å². The normalized spacial score (nSPS) is 10.9. The van der Waals surface area contributed by atoms with Gasteiger partial charge in [-0.15, -0.1) is 0 Å². The fraction of sp³-hybridized carbons (Fsp3) is 0.533. The van der Waals surface area contributed by atoms with Crippen LogP contribution in [0.25, 0.3) is 0 Å². The van der Waals surface area contributed by atoms with Crippen molar-refractivity contribution in [1.29, 1.82) is 0 Å². The van der Waals surface area contributed by atoms with Crippen LogP contribution in [0.4, 0.5) is 0 Å². The molecule has 0 amide bonds. The summed E-state index contributed by atoms with van der Waals surface area (Å²) in [6.07, 6.45) is 1.14. The van der Waals surface area contributed by atoms with Crippen LogP contribution in [0, 0.1) is 6.92 Å². The summed E-state index contributed by atoms with van der Waals surface area (Å²) in [5, 5.41) is 11.7. The molecule has 100 valence electrons. The van der Waals surface area contributed by atoms with Crippen molar-refractivity contribution in [2.75, 3.05) is 13.1 Å². The van der Waals surface area contributed by atoms with Gasteiger partial charge in [-0.2, -0.15) is 0 Å². The van der Waals surface area contributed by atoms with E-state index in [1.54, 1.807) is 0 Å². The molecule has 1 rings (SSSR count). The third-order valence-corrected chi connectivity index (χ3v) is 3.13. The standard InChI is InChI=1S/C15H23NO2/c1-11(2)13-5-4-12(3)14(10-13)6-8-16-9-7-15(17)18/h4-5,10-11,16H,6-9H2,1-3H3,(H,17,18). The van der Waals surface area contributed by atoms with E-state index in [0.29, 0.717) is 12.5 Å². The number of nitrogens with one attached hydrogen (secondary N) is 1. The van der Waals surface area contributed by atoms with E-state index in [1.807, 2.05) is 0 Å². The van der Waals surface area contributed by atoms with Crippen molar-refractivity contribution in [1.82, 2.24) is 5.32 Å². The van der Waals surface area contributed by atoms with Crippen molar-refractivity contribution in [3.8, 4) is 0 Å². The Balaban J connectivity index is 2.46. The molecule has 0 aromatic heterocycles. The topological polar surface area (TPSA) is 49.3 Å². The van der Waals surface area contributed by atoms with E-state index in [2.05, 4.69) is 44.3 Å². The molecule has 1 aromatic carbocycles. The largest absolute Gasteiger partial charge is 0.481 e. The monoisotopic (exact) mass is 249 g/mol. The molecular weight excluding hydrogens is 226 g/mol. The predicted octanol–water partition coefficient (Wildman–Crippen LogP) is 2.73. The highest BCUT2D eigenvalue weighted by molar-refractivity contribution is 5.66. The Labute approximate surface area is 109 Å². The van der Waals surface area contributed by atoms with Crippen LogP contribution in [-0.2, 0) is 11.2 Å². The van der Waals surface area contributed by atoms with Gasteiger partial charge in [0.05, 0.1) is 6.42 Å². The van der Waals surface area contributed by atoms with Crippen LogP contribution < -0.4 is 5.32 Å². The first-order valence-electron chi connectivity index (χ1n) is 6.52. The van der Waals surface area contributed by atoms with Gasteiger partial charge in [0.25, 0.3) is 0 Å². The summed E-state index contributed by atoms with van der Waals surface area (Å²) in [7, 11) is 0. The smallest absolute Gasteiger partial charge is 0.304 e. The van der Waals surface area contributed by atoms with Crippen molar-refractivity contribution >= 4 is 5.97 Å². The highest BCUT2D eigenvalue weighted by Gasteiger charge is 2.04. The lowest BCUT2D eigenvalue weighted by Gasteiger charge is -2.11. The summed E-state index contributed by atoms with van der Waals surface area (Å²) in [6, 6.07) is 6.61. The minimum absolute atomic E-state index is 0.186. The molecule has 0 unspecified atom stereocenters. The first-order valence-corrected chi connectivity index (χ1v) is 6.52. The van der Waals surface area contributed by atoms with E-state index in [1.165, 1.54) is 16.7 Å².